The van der Waals surface area contributed by atoms with E-state index in [1.807, 2.05) is 58.2 Å². The van der Waals surface area contributed by atoms with Gasteiger partial charge in [-0.05, 0) is 67.6 Å². The fourth-order valence-electron chi connectivity index (χ4n) is 3.15. The van der Waals surface area contributed by atoms with Crippen LogP contribution in [0.5, 0.6) is 17.2 Å². The van der Waals surface area contributed by atoms with Gasteiger partial charge in [0.25, 0.3) is 0 Å². The zero-order valence-corrected chi connectivity index (χ0v) is 17.6. The lowest BCUT2D eigenvalue weighted by Gasteiger charge is -2.21. The molecular weight excluding hydrogens is 338 g/mol. The fourth-order valence-corrected chi connectivity index (χ4v) is 3.15. The average Bonchev–Trinajstić information content (AvgIpc) is 2.63. The number of methoxy groups -OCH3 is 1. The SMILES string of the molecule is CCCC(=O)N(C)c1cc(C)c(Oc2ccc(OC)c(C(C)C)c2)c(C)c1. The van der Waals surface area contributed by atoms with Gasteiger partial charge in [0.05, 0.1) is 7.11 Å². The van der Waals surface area contributed by atoms with Gasteiger partial charge in [-0.25, -0.2) is 0 Å². The molecule has 0 N–H and O–H groups in total. The minimum Gasteiger partial charge on any atom is -0.496 e. The number of nitrogens with zero attached hydrogens (tertiary/aromatic N) is 1. The molecule has 0 unspecified atom stereocenters. The first-order valence-electron chi connectivity index (χ1n) is 9.52. The number of carbonyl (C=O) groups excluding carboxylic acids is 1. The van der Waals surface area contributed by atoms with Crippen molar-refractivity contribution in [1.82, 2.24) is 0 Å². The van der Waals surface area contributed by atoms with Gasteiger partial charge in [-0.2, -0.15) is 0 Å². The van der Waals surface area contributed by atoms with Crippen LogP contribution < -0.4 is 14.4 Å². The molecule has 2 aromatic carbocycles. The van der Waals surface area contributed by atoms with Crippen LogP contribution in [0.25, 0.3) is 0 Å². The van der Waals surface area contributed by atoms with Crippen LogP contribution in [-0.4, -0.2) is 20.1 Å². The van der Waals surface area contributed by atoms with Crippen molar-refractivity contribution in [2.75, 3.05) is 19.1 Å². The Labute approximate surface area is 163 Å². The molecule has 0 heterocycles. The standard InChI is InChI=1S/C23H31NO3/c1-8-9-22(25)24(6)18-12-16(4)23(17(5)13-18)27-19-10-11-21(26-7)20(14-19)15(2)3/h10-15H,8-9H2,1-7H3. The lowest BCUT2D eigenvalue weighted by Crippen LogP contribution is -2.25. The fraction of sp³-hybridized carbons (Fsp3) is 0.435. The van der Waals surface area contributed by atoms with Crippen molar-refractivity contribution in [2.45, 2.75) is 53.4 Å². The monoisotopic (exact) mass is 369 g/mol. The summed E-state index contributed by atoms with van der Waals surface area (Å²) in [5.74, 6) is 2.95. The third-order valence-corrected chi connectivity index (χ3v) is 4.71. The molecule has 0 spiro atoms. The van der Waals surface area contributed by atoms with Crippen molar-refractivity contribution in [2.24, 2.45) is 0 Å². The molecular formula is C23H31NO3. The van der Waals surface area contributed by atoms with Gasteiger partial charge in [-0.3, -0.25) is 4.79 Å². The zero-order valence-electron chi connectivity index (χ0n) is 17.6. The third-order valence-electron chi connectivity index (χ3n) is 4.71. The summed E-state index contributed by atoms with van der Waals surface area (Å²) in [6.07, 6.45) is 1.40. The molecule has 27 heavy (non-hydrogen) atoms. The third kappa shape index (κ3) is 4.82. The molecule has 0 atom stereocenters. The second-order valence-electron chi connectivity index (χ2n) is 7.27. The van der Waals surface area contributed by atoms with E-state index in [9.17, 15) is 4.79 Å². The quantitative estimate of drug-likeness (QED) is 0.601. The van der Waals surface area contributed by atoms with E-state index in [4.69, 9.17) is 9.47 Å². The molecule has 0 radical (unpaired) electrons. The molecule has 0 aliphatic heterocycles. The maximum Gasteiger partial charge on any atom is 0.226 e. The molecule has 146 valence electrons. The molecule has 2 aromatic rings. The average molecular weight is 370 g/mol. The van der Waals surface area contributed by atoms with Crippen molar-refractivity contribution in [3.63, 3.8) is 0 Å². The number of anilines is 1. The van der Waals surface area contributed by atoms with Crippen LogP contribution in [0.1, 0.15) is 56.2 Å². The number of ether oxygens (including phenoxy) is 2. The normalized spacial score (nSPS) is 10.8. The highest BCUT2D eigenvalue weighted by Gasteiger charge is 2.15. The maximum atomic E-state index is 12.2. The molecule has 0 saturated carbocycles. The van der Waals surface area contributed by atoms with E-state index in [1.54, 1.807) is 12.0 Å². The Morgan fingerprint density at radius 2 is 1.74 bits per heavy atom. The summed E-state index contributed by atoms with van der Waals surface area (Å²) in [6, 6.07) is 9.91. The van der Waals surface area contributed by atoms with Crippen LogP contribution in [-0.2, 0) is 4.79 Å². The second kappa shape index (κ2) is 8.94. The molecule has 0 bridgehead atoms. The maximum absolute atomic E-state index is 12.2. The van der Waals surface area contributed by atoms with Gasteiger partial charge in [-0.15, -0.1) is 0 Å². The van der Waals surface area contributed by atoms with Crippen molar-refractivity contribution in [1.29, 1.82) is 0 Å². The van der Waals surface area contributed by atoms with Gasteiger partial charge in [0, 0.05) is 24.7 Å². The van der Waals surface area contributed by atoms with E-state index in [1.165, 1.54) is 0 Å². The lowest BCUT2D eigenvalue weighted by molar-refractivity contribution is -0.118. The van der Waals surface area contributed by atoms with Crippen molar-refractivity contribution in [3.05, 3.63) is 47.0 Å². The van der Waals surface area contributed by atoms with Crippen LogP contribution in [0.4, 0.5) is 5.69 Å². The minimum absolute atomic E-state index is 0.127. The molecule has 0 saturated heterocycles. The Bertz CT molecular complexity index is 788. The van der Waals surface area contributed by atoms with Gasteiger partial charge in [0.15, 0.2) is 0 Å². The Morgan fingerprint density at radius 1 is 1.11 bits per heavy atom. The highest BCUT2D eigenvalue weighted by molar-refractivity contribution is 5.93. The van der Waals surface area contributed by atoms with E-state index in [0.29, 0.717) is 12.3 Å². The number of aryl methyl sites for hydroxylation is 2. The van der Waals surface area contributed by atoms with Crippen LogP contribution in [0.15, 0.2) is 30.3 Å². The summed E-state index contributed by atoms with van der Waals surface area (Å²) >= 11 is 0. The van der Waals surface area contributed by atoms with Gasteiger partial charge >= 0.3 is 0 Å². The van der Waals surface area contributed by atoms with Crippen LogP contribution in [0.2, 0.25) is 0 Å². The van der Waals surface area contributed by atoms with Gasteiger partial charge in [0.2, 0.25) is 5.91 Å². The highest BCUT2D eigenvalue weighted by Crippen LogP contribution is 2.36. The smallest absolute Gasteiger partial charge is 0.226 e. The minimum atomic E-state index is 0.127. The number of carbonyl (C=O) groups is 1. The second-order valence-corrected chi connectivity index (χ2v) is 7.27. The van der Waals surface area contributed by atoms with Crippen molar-refractivity contribution >= 4 is 11.6 Å². The van der Waals surface area contributed by atoms with E-state index >= 15 is 0 Å². The highest BCUT2D eigenvalue weighted by atomic mass is 16.5. The van der Waals surface area contributed by atoms with E-state index in [0.717, 1.165) is 46.0 Å². The lowest BCUT2D eigenvalue weighted by atomic mass is 10.0. The predicted molar refractivity (Wildman–Crippen MR) is 111 cm³/mol. The summed E-state index contributed by atoms with van der Waals surface area (Å²) in [5, 5.41) is 0. The Hall–Kier alpha value is -2.49. The summed E-state index contributed by atoms with van der Waals surface area (Å²) < 4.78 is 11.7. The van der Waals surface area contributed by atoms with Gasteiger partial charge < -0.3 is 14.4 Å². The zero-order chi connectivity index (χ0) is 20.1. The topological polar surface area (TPSA) is 38.8 Å². The predicted octanol–water partition coefficient (Wildman–Crippen LogP) is 5.99. The van der Waals surface area contributed by atoms with Gasteiger partial charge in [0.1, 0.15) is 17.2 Å². The summed E-state index contributed by atoms with van der Waals surface area (Å²) in [4.78, 5) is 13.9. The summed E-state index contributed by atoms with van der Waals surface area (Å²) in [6.45, 7) is 10.3. The molecule has 0 fully saturated rings. The summed E-state index contributed by atoms with van der Waals surface area (Å²) in [5.41, 5.74) is 4.02. The molecule has 0 aromatic heterocycles. The Morgan fingerprint density at radius 3 is 2.26 bits per heavy atom. The van der Waals surface area contributed by atoms with Gasteiger partial charge in [-0.1, -0.05) is 20.8 Å². The Kier molecular flexibility index (Phi) is 6.89. The summed E-state index contributed by atoms with van der Waals surface area (Å²) in [7, 11) is 3.51. The first-order valence-corrected chi connectivity index (χ1v) is 9.52. The molecule has 1 amide bonds. The molecule has 2 rings (SSSR count). The number of amides is 1. The van der Waals surface area contributed by atoms with E-state index in [-0.39, 0.29) is 5.91 Å². The first-order chi connectivity index (χ1) is 12.8. The molecule has 4 nitrogen and oxygen atoms in total. The molecule has 4 heteroatoms. The largest absolute Gasteiger partial charge is 0.496 e. The van der Waals surface area contributed by atoms with Crippen LogP contribution >= 0.6 is 0 Å². The first kappa shape index (κ1) is 20.8. The molecule has 0 aliphatic rings. The number of rotatable bonds is 7. The Balaban J connectivity index is 2.33. The van der Waals surface area contributed by atoms with E-state index < -0.39 is 0 Å². The number of benzene rings is 2. The van der Waals surface area contributed by atoms with E-state index in [2.05, 4.69) is 13.8 Å². The molecule has 0 aliphatic carbocycles. The van der Waals surface area contributed by atoms with Crippen LogP contribution in [0, 0.1) is 13.8 Å². The van der Waals surface area contributed by atoms with Crippen molar-refractivity contribution in [3.8, 4) is 17.2 Å². The number of hydrogen-bond acceptors (Lipinski definition) is 3. The number of hydrogen-bond donors (Lipinski definition) is 0. The van der Waals surface area contributed by atoms with Crippen molar-refractivity contribution < 1.29 is 14.3 Å². The van der Waals surface area contributed by atoms with Crippen LogP contribution in [0.3, 0.4) is 0 Å².